The lowest BCUT2D eigenvalue weighted by atomic mass is 10.2. The van der Waals surface area contributed by atoms with Crippen molar-refractivity contribution < 1.29 is 4.43 Å². The van der Waals surface area contributed by atoms with Gasteiger partial charge in [0, 0.05) is 0 Å². The molecule has 0 aliphatic heterocycles. The Morgan fingerprint density at radius 2 is 1.83 bits per heavy atom. The highest BCUT2D eigenvalue weighted by atomic mass is 28.4. The number of rotatable bonds is 3. The third-order valence-corrected chi connectivity index (χ3v) is 2.09. The molecule has 68 valence electrons. The Morgan fingerprint density at radius 3 is 2.08 bits per heavy atom. The number of hydrogen-bond acceptors (Lipinski definition) is 2. The van der Waals surface area contributed by atoms with Crippen molar-refractivity contribution in [3.63, 3.8) is 0 Å². The zero-order valence-electron chi connectivity index (χ0n) is 8.56. The SMILES string of the molecule is CC(C)=C(CC#N)O[Si](C)(C)C. The summed E-state index contributed by atoms with van der Waals surface area (Å²) in [6.07, 6.45) is 0.395. The Bertz CT molecular complexity index is 216. The monoisotopic (exact) mass is 183 g/mol. The summed E-state index contributed by atoms with van der Waals surface area (Å²) in [6.45, 7) is 10.3. The largest absolute Gasteiger partial charge is 0.546 e. The maximum absolute atomic E-state index is 8.53. The molecule has 0 amide bonds. The minimum Gasteiger partial charge on any atom is -0.546 e. The van der Waals surface area contributed by atoms with Crippen molar-refractivity contribution in [1.29, 1.82) is 5.26 Å². The van der Waals surface area contributed by atoms with E-state index < -0.39 is 8.32 Å². The molecule has 2 nitrogen and oxygen atoms in total. The molecule has 0 saturated carbocycles. The molecular formula is C9H17NOSi. The van der Waals surface area contributed by atoms with Gasteiger partial charge in [0.25, 0.3) is 0 Å². The van der Waals surface area contributed by atoms with Crippen LogP contribution < -0.4 is 0 Å². The first kappa shape index (κ1) is 11.2. The summed E-state index contributed by atoms with van der Waals surface area (Å²) < 4.78 is 5.74. The lowest BCUT2D eigenvalue weighted by molar-refractivity contribution is 0.406. The van der Waals surface area contributed by atoms with Crippen molar-refractivity contribution in [2.45, 2.75) is 39.9 Å². The molecule has 0 fully saturated rings. The summed E-state index contributed by atoms with van der Waals surface area (Å²) >= 11 is 0. The second-order valence-corrected chi connectivity index (χ2v) is 8.40. The number of nitrogens with zero attached hydrogens (tertiary/aromatic N) is 1. The molecule has 12 heavy (non-hydrogen) atoms. The average Bonchev–Trinajstić information content (AvgIpc) is 1.83. The molecular weight excluding hydrogens is 166 g/mol. The zero-order chi connectivity index (χ0) is 9.78. The summed E-state index contributed by atoms with van der Waals surface area (Å²) in [5, 5.41) is 8.53. The van der Waals surface area contributed by atoms with Crippen molar-refractivity contribution in [1.82, 2.24) is 0 Å². The second kappa shape index (κ2) is 4.32. The minimum absolute atomic E-state index is 0.395. The summed E-state index contributed by atoms with van der Waals surface area (Å²) in [5.41, 5.74) is 1.11. The summed E-state index contributed by atoms with van der Waals surface area (Å²) in [6, 6.07) is 2.11. The Kier molecular flexibility index (Phi) is 4.05. The molecule has 0 saturated heterocycles. The molecule has 0 unspecified atom stereocenters. The van der Waals surface area contributed by atoms with Crippen LogP contribution in [0.15, 0.2) is 11.3 Å². The summed E-state index contributed by atoms with van der Waals surface area (Å²) in [5.74, 6) is 0.858. The molecule has 0 aromatic rings. The Balaban J connectivity index is 4.39. The summed E-state index contributed by atoms with van der Waals surface area (Å²) in [4.78, 5) is 0. The molecule has 0 atom stereocenters. The van der Waals surface area contributed by atoms with E-state index >= 15 is 0 Å². The maximum atomic E-state index is 8.53. The van der Waals surface area contributed by atoms with Crippen molar-refractivity contribution in [3.8, 4) is 6.07 Å². The van der Waals surface area contributed by atoms with Crippen LogP contribution in [-0.4, -0.2) is 8.32 Å². The van der Waals surface area contributed by atoms with Gasteiger partial charge in [0.15, 0.2) is 0 Å². The van der Waals surface area contributed by atoms with Gasteiger partial charge in [-0.25, -0.2) is 0 Å². The standard InChI is InChI=1S/C9H17NOSi/c1-8(2)9(6-7-10)11-12(3,4)5/h6H2,1-5H3. The average molecular weight is 183 g/mol. The van der Waals surface area contributed by atoms with Crippen molar-refractivity contribution in [2.24, 2.45) is 0 Å². The van der Waals surface area contributed by atoms with Gasteiger partial charge in [-0.2, -0.15) is 5.26 Å². The molecule has 0 rings (SSSR count). The first-order valence-electron chi connectivity index (χ1n) is 4.09. The zero-order valence-corrected chi connectivity index (χ0v) is 9.56. The lowest BCUT2D eigenvalue weighted by Crippen LogP contribution is -2.25. The molecule has 0 radical (unpaired) electrons. The van der Waals surface area contributed by atoms with E-state index in [-0.39, 0.29) is 0 Å². The van der Waals surface area contributed by atoms with Crippen LogP contribution in [0, 0.1) is 11.3 Å². The van der Waals surface area contributed by atoms with Gasteiger partial charge in [-0.05, 0) is 39.1 Å². The van der Waals surface area contributed by atoms with E-state index in [1.807, 2.05) is 13.8 Å². The molecule has 3 heteroatoms. The van der Waals surface area contributed by atoms with Gasteiger partial charge >= 0.3 is 0 Å². The van der Waals surface area contributed by atoms with Gasteiger partial charge in [0.05, 0.1) is 18.2 Å². The predicted octanol–water partition coefficient (Wildman–Crippen LogP) is 3.05. The Morgan fingerprint density at radius 1 is 1.33 bits per heavy atom. The van der Waals surface area contributed by atoms with Crippen LogP contribution in [0.2, 0.25) is 19.6 Å². The second-order valence-electron chi connectivity index (χ2n) is 3.97. The van der Waals surface area contributed by atoms with E-state index in [4.69, 9.17) is 9.69 Å². The molecule has 0 aromatic carbocycles. The van der Waals surface area contributed by atoms with E-state index in [1.165, 1.54) is 0 Å². The Hall–Kier alpha value is -0.753. The van der Waals surface area contributed by atoms with Crippen LogP contribution in [0.25, 0.3) is 0 Å². The molecule has 0 aliphatic carbocycles. The van der Waals surface area contributed by atoms with Crippen LogP contribution >= 0.6 is 0 Å². The van der Waals surface area contributed by atoms with E-state index in [2.05, 4.69) is 25.7 Å². The lowest BCUT2D eigenvalue weighted by Gasteiger charge is -2.21. The highest BCUT2D eigenvalue weighted by Crippen LogP contribution is 2.16. The van der Waals surface area contributed by atoms with Gasteiger partial charge in [-0.1, -0.05) is 0 Å². The fourth-order valence-corrected chi connectivity index (χ4v) is 1.77. The van der Waals surface area contributed by atoms with Crippen LogP contribution in [0.5, 0.6) is 0 Å². The predicted molar refractivity (Wildman–Crippen MR) is 53.0 cm³/mol. The smallest absolute Gasteiger partial charge is 0.241 e. The molecule has 0 spiro atoms. The van der Waals surface area contributed by atoms with Gasteiger partial charge in [0.1, 0.15) is 0 Å². The topological polar surface area (TPSA) is 33.0 Å². The van der Waals surface area contributed by atoms with E-state index in [9.17, 15) is 0 Å². The van der Waals surface area contributed by atoms with Crippen molar-refractivity contribution in [2.75, 3.05) is 0 Å². The summed E-state index contributed by atoms with van der Waals surface area (Å²) in [7, 11) is -1.53. The third-order valence-electron chi connectivity index (χ3n) is 1.23. The van der Waals surface area contributed by atoms with Gasteiger partial charge in [0.2, 0.25) is 8.32 Å². The van der Waals surface area contributed by atoms with E-state index in [1.54, 1.807) is 0 Å². The fourth-order valence-electron chi connectivity index (χ4n) is 0.756. The van der Waals surface area contributed by atoms with Gasteiger partial charge in [-0.3, -0.25) is 0 Å². The van der Waals surface area contributed by atoms with Gasteiger partial charge < -0.3 is 4.43 Å². The van der Waals surface area contributed by atoms with Gasteiger partial charge in [-0.15, -0.1) is 0 Å². The molecule has 0 aliphatic rings. The van der Waals surface area contributed by atoms with Crippen molar-refractivity contribution >= 4 is 8.32 Å². The number of allylic oxidation sites excluding steroid dienone is 2. The quantitative estimate of drug-likeness (QED) is 0.497. The highest BCUT2D eigenvalue weighted by Gasteiger charge is 2.17. The number of hydrogen-bond donors (Lipinski definition) is 0. The molecule has 0 aromatic heterocycles. The first-order valence-corrected chi connectivity index (χ1v) is 7.50. The highest BCUT2D eigenvalue weighted by molar-refractivity contribution is 6.70. The molecule has 0 heterocycles. The van der Waals surface area contributed by atoms with E-state index in [0.29, 0.717) is 6.42 Å². The fraction of sp³-hybridized carbons (Fsp3) is 0.667. The first-order chi connectivity index (χ1) is 5.37. The third kappa shape index (κ3) is 4.97. The minimum atomic E-state index is -1.53. The maximum Gasteiger partial charge on any atom is 0.241 e. The molecule has 0 N–H and O–H groups in total. The normalized spacial score (nSPS) is 10.3. The van der Waals surface area contributed by atoms with Crippen LogP contribution in [0.1, 0.15) is 20.3 Å². The van der Waals surface area contributed by atoms with Crippen LogP contribution in [0.4, 0.5) is 0 Å². The van der Waals surface area contributed by atoms with Crippen LogP contribution in [0.3, 0.4) is 0 Å². The van der Waals surface area contributed by atoms with Crippen molar-refractivity contribution in [3.05, 3.63) is 11.3 Å². The Labute approximate surface area is 76.0 Å². The van der Waals surface area contributed by atoms with Crippen LogP contribution in [-0.2, 0) is 4.43 Å². The molecule has 0 bridgehead atoms. The number of nitriles is 1. The van der Waals surface area contributed by atoms with E-state index in [0.717, 1.165) is 11.3 Å².